The van der Waals surface area contributed by atoms with Gasteiger partial charge in [-0.1, -0.05) is 194 Å². The van der Waals surface area contributed by atoms with E-state index in [4.69, 9.17) is 57.6 Å². The van der Waals surface area contributed by atoms with Crippen LogP contribution in [0.25, 0.3) is 38.4 Å². The standard InChI is InChI=1S/C32H41NO2.C25H34N2O3.C23H23F2NO3.H3N15.H2N14.H3N13.H2/c1-4-11-26-21-23-32(33-3,24-22-26)30-19-17-29(18-20-30)28-15-13-27(14-16-28)12-9-7-6-8-10-25-35-31(34)5-2;1-3-5-9-12-22-15-18-24(27-26-22)21-13-16-23(17-14-21)29-19-10-7-6-8-11-20-30-25(28)4-2;24-21-18(14-26)11-12-19(22(21)25)17-9-7-16(8-10-17)6-4-2-1-3-5-13-28-23(27)20-15-29-20;1-3-5-7-9-11-13-15-14-12-10-8-6-4-2;1-3-5-7-9-11-13-14-12-10-8-6-4-2;1-3-5-7-9-11-13-12-10-8-6-4-2;/h5,13-20,26H,2,4,6-12,21-25H2,1H3;4,13-18H,2-3,5-12,19-20H2,1H3;7-12,20H,1-6,13,15H2;(H3,1,2,5,6,9,10,13,14);1-2H;(H3,1,2,5,6,9,10,13);1H/b;;;;3-1?,4-2?,7-5+,8-6+,11-9+,12-10+,14-13+;;. The van der Waals surface area contributed by atoms with Gasteiger partial charge < -0.3 is 40.2 Å². The predicted octanol–water partition coefficient (Wildman–Crippen LogP) is 26.4. The summed E-state index contributed by atoms with van der Waals surface area (Å²) in [5.74, 6) is 7.78. The summed E-state index contributed by atoms with van der Waals surface area (Å²) in [5, 5.41) is 120. The number of hydrogen-bond donors (Lipinski definition) is 6. The van der Waals surface area contributed by atoms with E-state index < -0.39 is 11.6 Å². The highest BCUT2D eigenvalue weighted by atomic mass is 19.2. The van der Waals surface area contributed by atoms with Crippen molar-refractivity contribution in [2.45, 2.75) is 199 Å². The van der Waals surface area contributed by atoms with Crippen molar-refractivity contribution < 1.29 is 48.3 Å². The fourth-order valence-corrected chi connectivity index (χ4v) is 12.1. The first kappa shape index (κ1) is 113. The zero-order valence-corrected chi connectivity index (χ0v) is 75.0. The van der Waals surface area contributed by atoms with Gasteiger partial charge in [-0.25, -0.2) is 29.7 Å². The number of rotatable bonds is 55. The van der Waals surface area contributed by atoms with Gasteiger partial charge in [0, 0.05) is 43.1 Å². The molecule has 8 rings (SSSR count). The van der Waals surface area contributed by atoms with Crippen LogP contribution in [0.4, 0.5) is 8.78 Å². The van der Waals surface area contributed by atoms with Gasteiger partial charge in [0.25, 0.3) is 5.54 Å². The van der Waals surface area contributed by atoms with E-state index in [1.165, 1.54) is 111 Å². The summed E-state index contributed by atoms with van der Waals surface area (Å²) in [5.41, 5.74) is 33.9. The number of hydrogen-bond acceptors (Lipinski definition) is 17. The third-order valence-electron chi connectivity index (χ3n) is 18.7. The molecule has 136 heavy (non-hydrogen) atoms. The SMILES string of the molecule is C=CC(=O)OCCCCCCCOc1ccc(-c2ccc(CCCCC)nn2)cc1.N#Cc1ccc(-c2ccc(CCCCCCCOC(=O)C3CO3)cc2)c(F)c1F.N=N/N=N/N=N/N=N/N=N/N=N/N.N=N/N=N/N=N/N=N/N=N/N=N/N=N.N=N/N=N/N=N/N=N/N=N/N=N/N=N/N.[C-]#[N+]C1(c2ccc(-c3ccc(CCCCCCCOC(=O)C=C)cc3)cc2)CCC(CCC)CC1.[HH]. The van der Waals surface area contributed by atoms with Gasteiger partial charge in [-0.15, -0.1) is 0 Å². The van der Waals surface area contributed by atoms with Crippen molar-refractivity contribution in [1.29, 1.82) is 27.4 Å². The number of carbonyl (C=O) groups excluding carboxylic acids is 3. The Morgan fingerprint density at radius 1 is 0.471 bits per heavy atom. The van der Waals surface area contributed by atoms with Crippen molar-refractivity contribution >= 4 is 17.9 Å². The molecule has 2 aliphatic rings. The van der Waals surface area contributed by atoms with E-state index in [-0.39, 0.29) is 42.1 Å². The van der Waals surface area contributed by atoms with Crippen LogP contribution in [0.5, 0.6) is 5.75 Å². The van der Waals surface area contributed by atoms with Crippen LogP contribution in [-0.4, -0.2) is 67.2 Å². The second-order valence-corrected chi connectivity index (χ2v) is 27.8. The molecule has 0 spiro atoms. The quantitative estimate of drug-likeness (QED) is 0.00238. The number of halogens is 2. The van der Waals surface area contributed by atoms with Crippen LogP contribution >= 0.6 is 0 Å². The van der Waals surface area contributed by atoms with Gasteiger partial charge >= 0.3 is 17.9 Å². The van der Waals surface area contributed by atoms with Crippen LogP contribution in [0, 0.1) is 57.6 Å². The van der Waals surface area contributed by atoms with Gasteiger partial charge in [-0.2, -0.15) is 37.6 Å². The topological polar surface area (TPSA) is 747 Å². The third-order valence-corrected chi connectivity index (χ3v) is 18.7. The molecule has 1 saturated carbocycles. The van der Waals surface area contributed by atoms with Gasteiger partial charge in [-0.3, -0.25) is 0 Å². The van der Waals surface area contributed by atoms with Crippen LogP contribution in [-0.2, 0) is 58.1 Å². The van der Waals surface area contributed by atoms with Gasteiger partial charge in [0.05, 0.1) is 50.0 Å². The Labute approximate surface area is 781 Å². The molecule has 1 aliphatic heterocycles. The number of aryl methyl sites for hydroxylation is 3. The highest BCUT2D eigenvalue weighted by Gasteiger charge is 2.42. The average Bonchev–Trinajstić information content (AvgIpc) is 1.77. The lowest BCUT2D eigenvalue weighted by Crippen LogP contribution is -2.28. The van der Waals surface area contributed by atoms with Crippen LogP contribution in [0.1, 0.15) is 197 Å². The molecule has 5 aromatic carbocycles. The molecule has 0 bridgehead atoms. The van der Waals surface area contributed by atoms with E-state index in [0.29, 0.717) is 38.6 Å². The number of unbranched alkanes of at least 4 members (excludes halogenated alkanes) is 14. The molecule has 1 unspecified atom stereocenters. The maximum atomic E-state index is 14.1. The Kier molecular flexibility index (Phi) is 64.3. The summed E-state index contributed by atoms with van der Waals surface area (Å²) >= 11 is 0. The van der Waals surface area contributed by atoms with Crippen molar-refractivity contribution in [2.24, 2.45) is 206 Å². The number of aromatic nitrogens is 2. The largest absolute Gasteiger partial charge is 0.494 e. The molecule has 1 atom stereocenters. The molecule has 2 fully saturated rings. The van der Waals surface area contributed by atoms with Gasteiger partial charge in [0.2, 0.25) is 0 Å². The molecular weight excluding hydrogens is 1770 g/mol. The Balaban J connectivity index is 0.000000578. The van der Waals surface area contributed by atoms with E-state index in [9.17, 15) is 23.2 Å². The lowest BCUT2D eigenvalue weighted by molar-refractivity contribution is -0.145. The first-order chi connectivity index (χ1) is 66.7. The van der Waals surface area contributed by atoms with Gasteiger partial charge in [0.1, 0.15) is 11.8 Å². The summed E-state index contributed by atoms with van der Waals surface area (Å²) in [4.78, 5) is 37.3. The lowest BCUT2D eigenvalue weighted by Gasteiger charge is -2.31. The Hall–Kier alpha value is -16.7. The molecule has 720 valence electrons. The number of benzene rings is 5. The number of nitrogens with zero attached hydrogens (tertiary/aromatic N) is 40. The first-order valence-corrected chi connectivity index (χ1v) is 42.4. The molecular formula is C80H108F2N46O8. The van der Waals surface area contributed by atoms with E-state index in [0.717, 1.165) is 143 Å². The van der Waals surface area contributed by atoms with Gasteiger partial charge in [0.15, 0.2) is 17.7 Å². The highest BCUT2D eigenvalue weighted by molar-refractivity contribution is 5.81. The van der Waals surface area contributed by atoms with Crippen LogP contribution in [0.3, 0.4) is 0 Å². The van der Waals surface area contributed by atoms with Crippen molar-refractivity contribution in [3.63, 3.8) is 0 Å². The number of carbonyl (C=O) groups is 3. The molecule has 6 aromatic rings. The zero-order chi connectivity index (χ0) is 98.5. The van der Waals surface area contributed by atoms with Crippen molar-refractivity contribution in [3.8, 4) is 45.3 Å². The monoisotopic (exact) mass is 1880 g/mol. The van der Waals surface area contributed by atoms with Crippen molar-refractivity contribution in [1.82, 2.24) is 10.2 Å². The lowest BCUT2D eigenvalue weighted by atomic mass is 9.72. The maximum Gasteiger partial charge on any atom is 0.337 e. The summed E-state index contributed by atoms with van der Waals surface area (Å²) in [6.07, 6.45) is 31.4. The molecule has 1 aromatic heterocycles. The third kappa shape index (κ3) is 54.0. The summed E-state index contributed by atoms with van der Waals surface area (Å²) in [6.45, 7) is 21.8. The summed E-state index contributed by atoms with van der Waals surface area (Å²) in [6, 6.07) is 41.6. The second kappa shape index (κ2) is 77.1. The molecule has 1 saturated heterocycles. The molecule has 2 heterocycles. The van der Waals surface area contributed by atoms with E-state index in [2.05, 4.69) is 296 Å². The Morgan fingerprint density at radius 3 is 1.24 bits per heavy atom. The highest BCUT2D eigenvalue weighted by Crippen LogP contribution is 2.44. The smallest absolute Gasteiger partial charge is 0.337 e. The predicted molar refractivity (Wildman–Crippen MR) is 478 cm³/mol. The Morgan fingerprint density at radius 2 is 0.853 bits per heavy atom. The molecule has 56 heteroatoms. The average molecular weight is 1880 g/mol. The maximum absolute atomic E-state index is 14.1. The van der Waals surface area contributed by atoms with E-state index >= 15 is 0 Å². The van der Waals surface area contributed by atoms with Crippen LogP contribution < -0.4 is 16.4 Å². The van der Waals surface area contributed by atoms with E-state index in [1.807, 2.05) is 42.5 Å². The Bertz CT molecular complexity index is 5050. The number of nitrogens with one attached hydrogen (secondary N) is 4. The fraction of sp³-hybridized carbons (Fsp3) is 0.463. The number of esters is 3. The molecule has 8 N–H and O–H groups in total. The van der Waals surface area contributed by atoms with Crippen molar-refractivity contribution in [3.05, 3.63) is 198 Å². The van der Waals surface area contributed by atoms with Gasteiger partial charge in [-0.05, 0) is 337 Å². The van der Waals surface area contributed by atoms with Crippen molar-refractivity contribution in [2.75, 3.05) is 33.0 Å². The van der Waals surface area contributed by atoms with Crippen LogP contribution in [0.2, 0.25) is 0 Å². The first-order valence-electron chi connectivity index (χ1n) is 42.4. The minimum atomic E-state index is -1.11. The number of ether oxygens (including phenoxy) is 5. The summed E-state index contributed by atoms with van der Waals surface area (Å²) in [7, 11) is 0. The fourth-order valence-electron chi connectivity index (χ4n) is 12.1. The molecule has 54 nitrogen and oxygen atoms in total. The summed E-state index contributed by atoms with van der Waals surface area (Å²) < 4.78 is 53.7. The number of epoxide rings is 1. The minimum absolute atomic E-state index is 0. The molecule has 1 aliphatic carbocycles. The van der Waals surface area contributed by atoms with E-state index in [1.54, 1.807) is 18.2 Å². The normalized spacial score (nSPS) is 14.7. The number of nitrogens with two attached hydrogens (primary N) is 2. The van der Waals surface area contributed by atoms with Crippen LogP contribution in [0.15, 0.2) is 335 Å². The zero-order valence-electron chi connectivity index (χ0n) is 75.0. The second-order valence-electron chi connectivity index (χ2n) is 27.8. The molecule has 0 amide bonds. The number of nitriles is 1. The molecule has 0 radical (unpaired) electrons. The minimum Gasteiger partial charge on any atom is -0.494 e.